The third-order valence-corrected chi connectivity index (χ3v) is 7.38. The molecule has 1 N–H and O–H groups in total. The van der Waals surface area contributed by atoms with Crippen LogP contribution >= 0.6 is 0 Å². The van der Waals surface area contributed by atoms with Crippen molar-refractivity contribution in [3.63, 3.8) is 0 Å². The van der Waals surface area contributed by atoms with E-state index in [0.717, 1.165) is 30.6 Å². The molecule has 2 aromatic rings. The molecule has 2 fully saturated rings. The zero-order valence-corrected chi connectivity index (χ0v) is 20.9. The SMILES string of the molecule is C=C(N=c1c(OC)ccc(-c2ccc(C#N)c(OC)c2)n1C)C1(C(=O)NCC2CCCCC2)CC1. The minimum absolute atomic E-state index is 0.0337. The highest BCUT2D eigenvalue weighted by Crippen LogP contribution is 2.52. The number of nitriles is 1. The molecule has 0 atom stereocenters. The van der Waals surface area contributed by atoms with Crippen molar-refractivity contribution in [1.29, 1.82) is 5.26 Å². The highest BCUT2D eigenvalue weighted by Gasteiger charge is 2.52. The van der Waals surface area contributed by atoms with Crippen molar-refractivity contribution in [3.05, 3.63) is 53.7 Å². The van der Waals surface area contributed by atoms with Crippen LogP contribution in [0.15, 0.2) is 47.6 Å². The van der Waals surface area contributed by atoms with Crippen LogP contribution in [0.2, 0.25) is 0 Å². The van der Waals surface area contributed by atoms with Crippen molar-refractivity contribution in [3.8, 4) is 28.8 Å². The first-order valence-corrected chi connectivity index (χ1v) is 12.3. The van der Waals surface area contributed by atoms with Crippen LogP contribution in [0.25, 0.3) is 11.3 Å². The topological polar surface area (TPSA) is 88.6 Å². The van der Waals surface area contributed by atoms with Crippen molar-refractivity contribution in [2.24, 2.45) is 23.4 Å². The number of methoxy groups -OCH3 is 2. The predicted molar refractivity (Wildman–Crippen MR) is 135 cm³/mol. The van der Waals surface area contributed by atoms with E-state index in [1.165, 1.54) is 32.1 Å². The highest BCUT2D eigenvalue weighted by atomic mass is 16.5. The maximum Gasteiger partial charge on any atom is 0.232 e. The molecule has 0 saturated heterocycles. The number of ether oxygens (including phenoxy) is 2. The normalized spacial score (nSPS) is 17.4. The van der Waals surface area contributed by atoms with Gasteiger partial charge in [0.15, 0.2) is 11.2 Å². The summed E-state index contributed by atoms with van der Waals surface area (Å²) in [7, 11) is 5.05. The quantitative estimate of drug-likeness (QED) is 0.611. The Morgan fingerprint density at radius 2 is 1.89 bits per heavy atom. The van der Waals surface area contributed by atoms with Gasteiger partial charge in [-0.3, -0.25) is 4.79 Å². The fourth-order valence-electron chi connectivity index (χ4n) is 4.95. The van der Waals surface area contributed by atoms with E-state index in [0.29, 0.717) is 34.2 Å². The smallest absolute Gasteiger partial charge is 0.232 e. The van der Waals surface area contributed by atoms with Gasteiger partial charge in [-0.2, -0.15) is 5.26 Å². The monoisotopic (exact) mass is 474 g/mol. The van der Waals surface area contributed by atoms with E-state index in [-0.39, 0.29) is 5.91 Å². The van der Waals surface area contributed by atoms with Gasteiger partial charge in [-0.05, 0) is 55.9 Å². The summed E-state index contributed by atoms with van der Waals surface area (Å²) in [5.41, 5.74) is 2.72. The molecule has 0 radical (unpaired) electrons. The standard InChI is InChI=1S/C28H34N4O3/c1-19(28(14-15-28)27(33)30-18-20-8-6-5-7-9-20)31-26-24(34-3)13-12-23(32(26)2)21-10-11-22(17-29)25(16-21)35-4/h10-13,16,20H,1,5-9,14-15,18H2,2-4H3,(H,30,33). The minimum atomic E-state index is -0.639. The predicted octanol–water partition coefficient (Wildman–Crippen LogP) is 4.47. The Morgan fingerprint density at radius 3 is 2.51 bits per heavy atom. The van der Waals surface area contributed by atoms with Crippen LogP contribution in [0.1, 0.15) is 50.5 Å². The first kappa shape index (κ1) is 24.6. The maximum absolute atomic E-state index is 13.2. The number of carbonyl (C=O) groups is 1. The van der Waals surface area contributed by atoms with Crippen molar-refractivity contribution >= 4 is 5.91 Å². The van der Waals surface area contributed by atoms with Crippen molar-refractivity contribution in [1.82, 2.24) is 9.88 Å². The lowest BCUT2D eigenvalue weighted by Gasteiger charge is -2.23. The number of rotatable bonds is 8. The first-order valence-electron chi connectivity index (χ1n) is 12.3. The minimum Gasteiger partial charge on any atom is -0.495 e. The lowest BCUT2D eigenvalue weighted by molar-refractivity contribution is -0.125. The number of hydrogen-bond donors (Lipinski definition) is 1. The first-order chi connectivity index (χ1) is 16.9. The van der Waals surface area contributed by atoms with Crippen molar-refractivity contribution < 1.29 is 14.3 Å². The summed E-state index contributed by atoms with van der Waals surface area (Å²) in [5, 5.41) is 12.5. The van der Waals surface area contributed by atoms with Gasteiger partial charge in [0, 0.05) is 24.8 Å². The molecule has 1 aromatic carbocycles. The van der Waals surface area contributed by atoms with Gasteiger partial charge < -0.3 is 19.4 Å². The average molecular weight is 475 g/mol. The summed E-state index contributed by atoms with van der Waals surface area (Å²) >= 11 is 0. The van der Waals surface area contributed by atoms with Crippen LogP contribution in [-0.4, -0.2) is 31.2 Å². The molecule has 184 valence electrons. The molecule has 0 spiro atoms. The van der Waals surface area contributed by atoms with E-state index in [2.05, 4.69) is 18.0 Å². The van der Waals surface area contributed by atoms with Gasteiger partial charge in [0.05, 0.1) is 30.9 Å². The lowest BCUT2D eigenvalue weighted by atomic mass is 9.89. The summed E-state index contributed by atoms with van der Waals surface area (Å²) in [5.74, 6) is 1.71. The molecule has 1 aromatic heterocycles. The molecular weight excluding hydrogens is 440 g/mol. The van der Waals surface area contributed by atoms with Crippen molar-refractivity contribution in [2.75, 3.05) is 20.8 Å². The number of hydrogen-bond acceptors (Lipinski definition) is 5. The van der Waals surface area contributed by atoms with E-state index in [9.17, 15) is 10.1 Å². The largest absolute Gasteiger partial charge is 0.495 e. The van der Waals surface area contributed by atoms with Crippen LogP contribution in [0, 0.1) is 22.7 Å². The second-order valence-corrected chi connectivity index (χ2v) is 9.55. The number of nitrogens with zero attached hydrogens (tertiary/aromatic N) is 3. The molecule has 1 heterocycles. The summed E-state index contributed by atoms with van der Waals surface area (Å²) < 4.78 is 12.9. The van der Waals surface area contributed by atoms with Gasteiger partial charge in [-0.1, -0.05) is 31.9 Å². The third kappa shape index (κ3) is 4.97. The average Bonchev–Trinajstić information content (AvgIpc) is 3.71. The lowest BCUT2D eigenvalue weighted by Crippen LogP contribution is -2.37. The Labute approximate surface area is 207 Å². The second-order valence-electron chi connectivity index (χ2n) is 9.55. The van der Waals surface area contributed by atoms with E-state index >= 15 is 0 Å². The van der Waals surface area contributed by atoms with Crippen LogP contribution < -0.4 is 20.3 Å². The molecule has 2 aliphatic rings. The molecule has 0 bridgehead atoms. The van der Waals surface area contributed by atoms with Gasteiger partial charge >= 0.3 is 0 Å². The molecule has 0 unspecified atom stereocenters. The molecule has 4 rings (SSSR count). The molecule has 7 nitrogen and oxygen atoms in total. The number of amides is 1. The Balaban J connectivity index is 1.63. The van der Waals surface area contributed by atoms with Gasteiger partial charge in [0.2, 0.25) is 5.91 Å². The van der Waals surface area contributed by atoms with E-state index in [4.69, 9.17) is 14.5 Å². The molecule has 7 heteroatoms. The van der Waals surface area contributed by atoms with Crippen LogP contribution in [0.3, 0.4) is 0 Å². The van der Waals surface area contributed by atoms with Crippen LogP contribution in [0.5, 0.6) is 11.5 Å². The summed E-state index contributed by atoms with van der Waals surface area (Å²) in [6.07, 6.45) is 7.71. The summed E-state index contributed by atoms with van der Waals surface area (Å²) in [4.78, 5) is 18.0. The highest BCUT2D eigenvalue weighted by molar-refractivity contribution is 5.88. The number of carbonyl (C=O) groups excluding carboxylic acids is 1. The number of benzene rings is 1. The molecule has 1 amide bonds. The zero-order chi connectivity index (χ0) is 25.0. The van der Waals surface area contributed by atoms with Crippen molar-refractivity contribution in [2.45, 2.75) is 44.9 Å². The number of aromatic nitrogens is 1. The molecule has 2 aliphatic carbocycles. The van der Waals surface area contributed by atoms with Crippen LogP contribution in [-0.2, 0) is 11.8 Å². The molecular formula is C28H34N4O3. The van der Waals surface area contributed by atoms with Gasteiger partial charge in [-0.15, -0.1) is 0 Å². The number of pyridine rings is 1. The van der Waals surface area contributed by atoms with Gasteiger partial charge in [-0.25, -0.2) is 4.99 Å². The van der Waals surface area contributed by atoms with Gasteiger partial charge in [0.1, 0.15) is 11.8 Å². The zero-order valence-electron chi connectivity index (χ0n) is 20.9. The van der Waals surface area contributed by atoms with E-state index in [1.807, 2.05) is 35.9 Å². The summed E-state index contributed by atoms with van der Waals surface area (Å²) in [6.45, 7) is 4.95. The molecule has 35 heavy (non-hydrogen) atoms. The Kier molecular flexibility index (Phi) is 7.30. The third-order valence-electron chi connectivity index (χ3n) is 7.38. The fourth-order valence-corrected chi connectivity index (χ4v) is 4.95. The Bertz CT molecular complexity index is 1230. The van der Waals surface area contributed by atoms with E-state index < -0.39 is 5.41 Å². The summed E-state index contributed by atoms with van der Waals surface area (Å²) in [6, 6.07) is 11.4. The second kappa shape index (κ2) is 10.4. The molecule has 0 aliphatic heterocycles. The van der Waals surface area contributed by atoms with Gasteiger partial charge in [0.25, 0.3) is 0 Å². The Hall–Kier alpha value is -3.53. The molecule has 2 saturated carbocycles. The number of nitrogens with one attached hydrogen (secondary N) is 1. The van der Waals surface area contributed by atoms with E-state index in [1.54, 1.807) is 20.3 Å². The van der Waals surface area contributed by atoms with Crippen LogP contribution in [0.4, 0.5) is 0 Å². The maximum atomic E-state index is 13.2. The Morgan fingerprint density at radius 1 is 1.17 bits per heavy atom. The fraction of sp³-hybridized carbons (Fsp3) is 0.464.